The topological polar surface area (TPSA) is 134 Å². The molecule has 0 saturated carbocycles. The fourth-order valence-electron chi connectivity index (χ4n) is 2.64. The van der Waals surface area contributed by atoms with Gasteiger partial charge in [0.1, 0.15) is 36.9 Å². The van der Waals surface area contributed by atoms with Gasteiger partial charge >= 0.3 is 11.9 Å². The Kier molecular flexibility index (Phi) is 7.19. The molecule has 0 aliphatic rings. The number of hydrogen-bond donors (Lipinski definition) is 4. The van der Waals surface area contributed by atoms with Crippen molar-refractivity contribution in [3.8, 4) is 11.5 Å². The van der Waals surface area contributed by atoms with Crippen molar-refractivity contribution < 1.29 is 39.5 Å². The van der Waals surface area contributed by atoms with E-state index in [-0.39, 0.29) is 17.8 Å². The molecule has 2 atom stereocenters. The van der Waals surface area contributed by atoms with Crippen LogP contribution in [0.2, 0.25) is 0 Å². The summed E-state index contributed by atoms with van der Waals surface area (Å²) in [6.45, 7) is 3.17. The van der Waals surface area contributed by atoms with E-state index in [4.69, 9.17) is 9.84 Å². The van der Waals surface area contributed by atoms with Gasteiger partial charge in [-0.3, -0.25) is 0 Å². The smallest absolute Gasteiger partial charge is 0.417 e. The van der Waals surface area contributed by atoms with Gasteiger partial charge in [-0.2, -0.15) is 0 Å². The molecule has 8 heteroatoms. The average molecular weight is 404 g/mol. The van der Waals surface area contributed by atoms with Crippen LogP contribution in [0, 0.1) is 0 Å². The molecule has 2 unspecified atom stereocenters. The minimum absolute atomic E-state index is 0.201. The zero-order valence-electron chi connectivity index (χ0n) is 16.1. The molecule has 0 fully saturated rings. The predicted octanol–water partition coefficient (Wildman–Crippen LogP) is 1.45. The lowest BCUT2D eigenvalue weighted by atomic mass is 9.78. The summed E-state index contributed by atoms with van der Waals surface area (Å²) in [4.78, 5) is 21.2. The Morgan fingerprint density at radius 2 is 1.38 bits per heavy atom. The summed E-state index contributed by atoms with van der Waals surface area (Å²) in [5.41, 5.74) is 1.73. The van der Waals surface area contributed by atoms with E-state index in [9.17, 15) is 24.9 Å². The van der Waals surface area contributed by atoms with E-state index >= 15 is 0 Å². The average Bonchev–Trinajstić information content (AvgIpc) is 2.70. The van der Waals surface area contributed by atoms with Crippen LogP contribution >= 0.6 is 0 Å². The van der Waals surface area contributed by atoms with Gasteiger partial charge in [-0.1, -0.05) is 38.1 Å². The van der Waals surface area contributed by atoms with Crippen LogP contribution in [-0.2, 0) is 19.7 Å². The maximum absolute atomic E-state index is 10.8. The third-order valence-corrected chi connectivity index (χ3v) is 4.59. The van der Waals surface area contributed by atoms with Gasteiger partial charge in [0.25, 0.3) is 0 Å². The number of carbonyl (C=O) groups is 2. The molecule has 8 nitrogen and oxygen atoms in total. The Morgan fingerprint density at radius 1 is 0.897 bits per heavy atom. The first-order valence-corrected chi connectivity index (χ1v) is 8.90. The summed E-state index contributed by atoms with van der Waals surface area (Å²) in [6.07, 6.45) is -2.85. The molecule has 0 heterocycles. The Labute approximate surface area is 168 Å². The Balaban J connectivity index is 1.92. The van der Waals surface area contributed by atoms with E-state index in [1.807, 2.05) is 38.1 Å². The molecule has 0 bridgehead atoms. The normalized spacial score (nSPS) is 13.4. The summed E-state index contributed by atoms with van der Waals surface area (Å²) < 4.78 is 9.75. The van der Waals surface area contributed by atoms with Crippen LogP contribution < -0.4 is 4.74 Å². The van der Waals surface area contributed by atoms with Crippen molar-refractivity contribution in [3.63, 3.8) is 0 Å². The molecule has 4 N–H and O–H groups in total. The van der Waals surface area contributed by atoms with E-state index in [2.05, 4.69) is 4.74 Å². The van der Waals surface area contributed by atoms with Crippen LogP contribution in [0.3, 0.4) is 0 Å². The maximum atomic E-state index is 10.8. The zero-order valence-corrected chi connectivity index (χ0v) is 16.1. The fraction of sp³-hybridized carbons (Fsp3) is 0.333. The number of aliphatic hydroxyl groups excluding tert-OH is 2. The molecule has 0 aliphatic heterocycles. The largest absolute Gasteiger partial charge is 0.508 e. The van der Waals surface area contributed by atoms with Crippen molar-refractivity contribution in [1.82, 2.24) is 0 Å². The van der Waals surface area contributed by atoms with Crippen molar-refractivity contribution in [3.05, 3.63) is 59.7 Å². The number of aromatic hydroxyl groups is 1. The second-order valence-electron chi connectivity index (χ2n) is 7.05. The molecule has 0 saturated heterocycles. The van der Waals surface area contributed by atoms with E-state index in [0.29, 0.717) is 5.75 Å². The van der Waals surface area contributed by atoms with Gasteiger partial charge in [0.2, 0.25) is 0 Å². The standard InChI is InChI=1S/C21H24O8/c1-21(2,13-3-7-15(22)8-4-13)14-5-9-16(10-6-14)28-11-17(23)18(24)12-29-20(27)19(25)26/h3-10,17-18,22-24H,11-12H2,1-2H3,(H,25,26). The van der Waals surface area contributed by atoms with Gasteiger partial charge in [-0.05, 0) is 35.4 Å². The number of hydrogen-bond acceptors (Lipinski definition) is 7. The summed E-state index contributed by atoms with van der Waals surface area (Å²) in [6, 6.07) is 14.2. The molecule has 0 radical (unpaired) electrons. The lowest BCUT2D eigenvalue weighted by molar-refractivity contribution is -0.167. The zero-order chi connectivity index (χ0) is 21.6. The highest BCUT2D eigenvalue weighted by Gasteiger charge is 2.24. The van der Waals surface area contributed by atoms with Crippen molar-refractivity contribution in [2.75, 3.05) is 13.2 Å². The van der Waals surface area contributed by atoms with Crippen LogP contribution in [0.4, 0.5) is 0 Å². The summed E-state index contributed by atoms with van der Waals surface area (Å²) in [7, 11) is 0. The van der Waals surface area contributed by atoms with Crippen LogP contribution in [0.5, 0.6) is 11.5 Å². The maximum Gasteiger partial charge on any atom is 0.417 e. The first-order chi connectivity index (χ1) is 13.6. The van der Waals surface area contributed by atoms with Gasteiger partial charge < -0.3 is 29.9 Å². The van der Waals surface area contributed by atoms with Gasteiger partial charge in [0.05, 0.1) is 0 Å². The van der Waals surface area contributed by atoms with Crippen LogP contribution in [0.1, 0.15) is 25.0 Å². The molecular formula is C21H24O8. The van der Waals surface area contributed by atoms with Crippen molar-refractivity contribution in [1.29, 1.82) is 0 Å². The number of carbonyl (C=O) groups excluding carboxylic acids is 1. The lowest BCUT2D eigenvalue weighted by Crippen LogP contribution is -2.36. The SMILES string of the molecule is CC(C)(c1ccc(O)cc1)c1ccc(OCC(O)C(O)COC(=O)C(=O)O)cc1. The predicted molar refractivity (Wildman–Crippen MR) is 103 cm³/mol. The number of carboxylic acids is 1. The third-order valence-electron chi connectivity index (χ3n) is 4.59. The highest BCUT2D eigenvalue weighted by atomic mass is 16.6. The van der Waals surface area contributed by atoms with Gasteiger partial charge in [-0.15, -0.1) is 0 Å². The highest BCUT2D eigenvalue weighted by molar-refractivity contribution is 6.28. The lowest BCUT2D eigenvalue weighted by Gasteiger charge is -2.26. The number of esters is 1. The van der Waals surface area contributed by atoms with Gasteiger partial charge in [0.15, 0.2) is 0 Å². The summed E-state index contributed by atoms with van der Waals surface area (Å²) in [5, 5.41) is 37.4. The number of carboxylic acid groups (broad SMARTS) is 1. The molecule has 156 valence electrons. The fourth-order valence-corrected chi connectivity index (χ4v) is 2.64. The van der Waals surface area contributed by atoms with Crippen LogP contribution in [0.25, 0.3) is 0 Å². The van der Waals surface area contributed by atoms with E-state index < -0.39 is 30.8 Å². The van der Waals surface area contributed by atoms with E-state index in [1.165, 1.54) is 0 Å². The Morgan fingerprint density at radius 3 is 1.90 bits per heavy atom. The first kappa shape index (κ1) is 22.2. The molecule has 0 spiro atoms. The molecule has 29 heavy (non-hydrogen) atoms. The summed E-state index contributed by atoms with van der Waals surface area (Å²) >= 11 is 0. The third kappa shape index (κ3) is 5.94. The summed E-state index contributed by atoms with van der Waals surface area (Å²) in [5.74, 6) is -2.63. The first-order valence-electron chi connectivity index (χ1n) is 8.90. The van der Waals surface area contributed by atoms with E-state index in [0.717, 1.165) is 11.1 Å². The number of ether oxygens (including phenoxy) is 2. The Bertz CT molecular complexity index is 827. The minimum atomic E-state index is -1.78. The molecule has 0 aliphatic carbocycles. The Hall–Kier alpha value is -3.10. The number of aliphatic carboxylic acids is 1. The second kappa shape index (κ2) is 9.40. The molecule has 0 amide bonds. The van der Waals surface area contributed by atoms with Crippen molar-refractivity contribution in [2.45, 2.75) is 31.5 Å². The van der Waals surface area contributed by atoms with Gasteiger partial charge in [0, 0.05) is 5.41 Å². The molecular weight excluding hydrogens is 380 g/mol. The molecule has 0 aromatic heterocycles. The van der Waals surface area contributed by atoms with Gasteiger partial charge in [-0.25, -0.2) is 9.59 Å². The molecule has 2 aromatic carbocycles. The van der Waals surface area contributed by atoms with Crippen molar-refractivity contribution in [2.24, 2.45) is 0 Å². The number of rotatable bonds is 8. The quantitative estimate of drug-likeness (QED) is 0.384. The number of phenolic OH excluding ortho intramolecular Hbond substituents is 1. The molecule has 2 rings (SSSR count). The van der Waals surface area contributed by atoms with E-state index in [1.54, 1.807) is 24.3 Å². The number of benzene rings is 2. The highest BCUT2D eigenvalue weighted by Crippen LogP contribution is 2.33. The minimum Gasteiger partial charge on any atom is -0.508 e. The van der Waals surface area contributed by atoms with Crippen LogP contribution in [0.15, 0.2) is 48.5 Å². The number of aliphatic hydroxyl groups is 2. The second-order valence-corrected chi connectivity index (χ2v) is 7.05. The van der Waals surface area contributed by atoms with Crippen molar-refractivity contribution >= 4 is 11.9 Å². The van der Waals surface area contributed by atoms with Crippen LogP contribution in [-0.4, -0.2) is 57.8 Å². The molecule has 2 aromatic rings. The number of phenols is 1. The monoisotopic (exact) mass is 404 g/mol.